The molecule has 0 saturated heterocycles. The number of halogens is 2. The van der Waals surface area contributed by atoms with Crippen molar-refractivity contribution in [3.8, 4) is 5.75 Å². The Labute approximate surface area is 128 Å². The van der Waals surface area contributed by atoms with E-state index < -0.39 is 6.10 Å². The number of nitrogens with one attached hydrogen (secondary N) is 1. The Bertz CT molecular complexity index is 457. The summed E-state index contributed by atoms with van der Waals surface area (Å²) in [6.07, 6.45) is -0.486. The first kappa shape index (κ1) is 17.0. The summed E-state index contributed by atoms with van der Waals surface area (Å²) < 4.78 is 5.39. The summed E-state index contributed by atoms with van der Waals surface area (Å²) >= 11 is 11.6. The lowest BCUT2D eigenvalue weighted by Crippen LogP contribution is -2.38. The highest BCUT2D eigenvalue weighted by atomic mass is 35.5. The molecule has 5 nitrogen and oxygen atoms in total. The zero-order valence-corrected chi connectivity index (χ0v) is 12.6. The van der Waals surface area contributed by atoms with Crippen LogP contribution in [-0.2, 0) is 4.79 Å². The molecule has 2 unspecified atom stereocenters. The monoisotopic (exact) mass is 320 g/mol. The number of carbonyl (C=O) groups is 1. The SMILES string of the molecule is CC(CC(N)=O)NCC(O)COc1ccc(Cl)c(Cl)c1. The number of nitrogens with two attached hydrogens (primary N) is 1. The van der Waals surface area contributed by atoms with Gasteiger partial charge >= 0.3 is 0 Å². The van der Waals surface area contributed by atoms with Crippen LogP contribution in [0.5, 0.6) is 5.75 Å². The van der Waals surface area contributed by atoms with Crippen LogP contribution in [0.3, 0.4) is 0 Å². The molecule has 0 bridgehead atoms. The molecule has 0 aliphatic rings. The number of amides is 1. The molecule has 1 rings (SSSR count). The van der Waals surface area contributed by atoms with E-state index in [4.69, 9.17) is 33.7 Å². The Balaban J connectivity index is 2.30. The predicted octanol–water partition coefficient (Wildman–Crippen LogP) is 1.59. The molecule has 2 atom stereocenters. The number of aliphatic hydroxyl groups is 1. The number of rotatable bonds is 8. The summed E-state index contributed by atoms with van der Waals surface area (Å²) in [5, 5.41) is 13.6. The second kappa shape index (κ2) is 8.32. The van der Waals surface area contributed by atoms with Gasteiger partial charge in [0.25, 0.3) is 0 Å². The maximum Gasteiger partial charge on any atom is 0.218 e. The summed E-state index contributed by atoms with van der Waals surface area (Å²) in [6, 6.07) is 4.79. The average Bonchev–Trinajstić information content (AvgIpc) is 2.37. The van der Waals surface area contributed by atoms with E-state index in [-0.39, 0.29) is 25.0 Å². The van der Waals surface area contributed by atoms with Crippen molar-refractivity contribution in [3.63, 3.8) is 0 Å². The van der Waals surface area contributed by atoms with Crippen LogP contribution in [-0.4, -0.2) is 36.3 Å². The van der Waals surface area contributed by atoms with E-state index >= 15 is 0 Å². The topological polar surface area (TPSA) is 84.6 Å². The standard InChI is InChI=1S/C13H18Cl2N2O3/c1-8(4-13(16)19)17-6-9(18)7-20-10-2-3-11(14)12(15)5-10/h2-3,5,8-9,17-18H,4,6-7H2,1H3,(H2,16,19). The van der Waals surface area contributed by atoms with Crippen LogP contribution in [0.2, 0.25) is 10.0 Å². The van der Waals surface area contributed by atoms with Crippen LogP contribution in [0.25, 0.3) is 0 Å². The van der Waals surface area contributed by atoms with Crippen LogP contribution in [0.15, 0.2) is 18.2 Å². The smallest absolute Gasteiger partial charge is 0.218 e. The first-order chi connectivity index (χ1) is 9.38. The second-order valence-corrected chi connectivity index (χ2v) is 5.33. The number of benzene rings is 1. The van der Waals surface area contributed by atoms with Gasteiger partial charge in [-0.2, -0.15) is 0 Å². The van der Waals surface area contributed by atoms with Gasteiger partial charge in [0.05, 0.1) is 10.0 Å². The van der Waals surface area contributed by atoms with E-state index in [1.54, 1.807) is 18.2 Å². The van der Waals surface area contributed by atoms with Crippen molar-refractivity contribution in [1.29, 1.82) is 0 Å². The third-order valence-electron chi connectivity index (χ3n) is 2.54. The predicted molar refractivity (Wildman–Crippen MR) is 79.2 cm³/mol. The van der Waals surface area contributed by atoms with Gasteiger partial charge in [-0.3, -0.25) is 4.79 Å². The minimum absolute atomic E-state index is 0.0906. The zero-order valence-electron chi connectivity index (χ0n) is 11.1. The molecule has 0 saturated carbocycles. The first-order valence-electron chi connectivity index (χ1n) is 6.16. The fraction of sp³-hybridized carbons (Fsp3) is 0.462. The number of hydrogen-bond donors (Lipinski definition) is 3. The maximum atomic E-state index is 10.7. The minimum atomic E-state index is -0.709. The molecule has 0 fully saturated rings. The van der Waals surface area contributed by atoms with E-state index in [1.165, 1.54) is 0 Å². The third-order valence-corrected chi connectivity index (χ3v) is 3.28. The van der Waals surface area contributed by atoms with E-state index in [0.29, 0.717) is 22.3 Å². The third kappa shape index (κ3) is 6.43. The summed E-state index contributed by atoms with van der Waals surface area (Å²) in [4.78, 5) is 10.7. The highest BCUT2D eigenvalue weighted by Gasteiger charge is 2.10. The number of carbonyl (C=O) groups excluding carboxylic acids is 1. The lowest BCUT2D eigenvalue weighted by Gasteiger charge is -2.16. The zero-order chi connectivity index (χ0) is 15.1. The molecule has 0 radical (unpaired) electrons. The lowest BCUT2D eigenvalue weighted by atomic mass is 10.2. The summed E-state index contributed by atoms with van der Waals surface area (Å²) in [5.41, 5.74) is 5.07. The van der Waals surface area contributed by atoms with Crippen molar-refractivity contribution >= 4 is 29.1 Å². The normalized spacial score (nSPS) is 13.8. The lowest BCUT2D eigenvalue weighted by molar-refractivity contribution is -0.118. The van der Waals surface area contributed by atoms with Crippen molar-refractivity contribution in [2.24, 2.45) is 5.73 Å². The quantitative estimate of drug-likeness (QED) is 0.679. The first-order valence-corrected chi connectivity index (χ1v) is 6.91. The van der Waals surface area contributed by atoms with Crippen molar-refractivity contribution in [3.05, 3.63) is 28.2 Å². The van der Waals surface area contributed by atoms with E-state index in [2.05, 4.69) is 5.32 Å². The molecule has 4 N–H and O–H groups in total. The molecule has 0 aliphatic heterocycles. The van der Waals surface area contributed by atoms with Crippen LogP contribution in [0.4, 0.5) is 0 Å². The average molecular weight is 321 g/mol. The molecule has 112 valence electrons. The van der Waals surface area contributed by atoms with Gasteiger partial charge in [-0.05, 0) is 19.1 Å². The van der Waals surface area contributed by atoms with Gasteiger partial charge < -0.3 is 20.9 Å². The van der Waals surface area contributed by atoms with Crippen molar-refractivity contribution in [2.45, 2.75) is 25.5 Å². The Morgan fingerprint density at radius 1 is 1.45 bits per heavy atom. The molecular formula is C13H18Cl2N2O3. The number of ether oxygens (including phenoxy) is 1. The van der Waals surface area contributed by atoms with Crippen molar-refractivity contribution in [2.75, 3.05) is 13.2 Å². The van der Waals surface area contributed by atoms with Crippen LogP contribution in [0, 0.1) is 0 Å². The summed E-state index contributed by atoms with van der Waals surface area (Å²) in [7, 11) is 0. The highest BCUT2D eigenvalue weighted by Crippen LogP contribution is 2.26. The fourth-order valence-corrected chi connectivity index (χ4v) is 1.82. The highest BCUT2D eigenvalue weighted by molar-refractivity contribution is 6.42. The Morgan fingerprint density at radius 3 is 2.75 bits per heavy atom. The Kier molecular flexibility index (Phi) is 7.09. The van der Waals surface area contributed by atoms with E-state index in [9.17, 15) is 9.90 Å². The molecule has 1 aromatic carbocycles. The number of primary amides is 1. The van der Waals surface area contributed by atoms with Gasteiger partial charge in [-0.15, -0.1) is 0 Å². The van der Waals surface area contributed by atoms with Gasteiger partial charge in [-0.1, -0.05) is 23.2 Å². The molecule has 7 heteroatoms. The summed E-state index contributed by atoms with van der Waals surface area (Å²) in [5.74, 6) is 0.148. The molecular weight excluding hydrogens is 303 g/mol. The van der Waals surface area contributed by atoms with Crippen molar-refractivity contribution < 1.29 is 14.6 Å². The van der Waals surface area contributed by atoms with Crippen LogP contribution in [0.1, 0.15) is 13.3 Å². The van der Waals surface area contributed by atoms with Crippen LogP contribution >= 0.6 is 23.2 Å². The maximum absolute atomic E-state index is 10.7. The van der Waals surface area contributed by atoms with Gasteiger partial charge in [0.15, 0.2) is 0 Å². The molecule has 20 heavy (non-hydrogen) atoms. The van der Waals surface area contributed by atoms with E-state index in [0.717, 1.165) is 0 Å². The molecule has 0 heterocycles. The minimum Gasteiger partial charge on any atom is -0.491 e. The largest absolute Gasteiger partial charge is 0.491 e. The molecule has 1 amide bonds. The molecule has 0 spiro atoms. The molecule has 1 aromatic rings. The van der Waals surface area contributed by atoms with Crippen LogP contribution < -0.4 is 15.8 Å². The number of hydrogen-bond acceptors (Lipinski definition) is 4. The van der Waals surface area contributed by atoms with Gasteiger partial charge in [0.1, 0.15) is 18.5 Å². The summed E-state index contributed by atoms with van der Waals surface area (Å²) in [6.45, 7) is 2.22. The Morgan fingerprint density at radius 2 is 2.15 bits per heavy atom. The Hall–Kier alpha value is -1.01. The fourth-order valence-electron chi connectivity index (χ4n) is 1.53. The second-order valence-electron chi connectivity index (χ2n) is 4.52. The molecule has 0 aromatic heterocycles. The molecule has 0 aliphatic carbocycles. The number of aliphatic hydroxyl groups excluding tert-OH is 1. The van der Waals surface area contributed by atoms with Crippen molar-refractivity contribution in [1.82, 2.24) is 5.32 Å². The van der Waals surface area contributed by atoms with Gasteiger partial charge in [0, 0.05) is 25.1 Å². The van der Waals surface area contributed by atoms with Gasteiger partial charge in [0.2, 0.25) is 5.91 Å². The van der Waals surface area contributed by atoms with E-state index in [1.807, 2.05) is 6.92 Å². The van der Waals surface area contributed by atoms with Gasteiger partial charge in [-0.25, -0.2) is 0 Å².